The summed E-state index contributed by atoms with van der Waals surface area (Å²) in [6.07, 6.45) is 2.73. The first-order valence-electron chi connectivity index (χ1n) is 8.25. The molecule has 0 saturated carbocycles. The Morgan fingerprint density at radius 1 is 1.23 bits per heavy atom. The molecule has 0 heterocycles. The van der Waals surface area contributed by atoms with Gasteiger partial charge in [0.15, 0.2) is 5.96 Å². The first kappa shape index (κ1) is 25.4. The molecule has 0 saturated heterocycles. The second-order valence-corrected chi connectivity index (χ2v) is 9.11. The molecule has 0 aromatic heterocycles. The first-order chi connectivity index (χ1) is 11.6. The number of benzene rings is 1. The third-order valence-electron chi connectivity index (χ3n) is 3.54. The molecule has 0 bridgehead atoms. The Balaban J connectivity index is 0.00000625. The zero-order chi connectivity index (χ0) is 18.9. The van der Waals surface area contributed by atoms with Crippen molar-refractivity contribution in [2.45, 2.75) is 26.7 Å². The predicted molar refractivity (Wildman–Crippen MR) is 121 cm³/mol. The van der Waals surface area contributed by atoms with Crippen LogP contribution in [0.15, 0.2) is 29.3 Å². The van der Waals surface area contributed by atoms with Gasteiger partial charge in [0, 0.05) is 31.7 Å². The molecule has 0 atom stereocenters. The van der Waals surface area contributed by atoms with Crippen LogP contribution in [0.3, 0.4) is 0 Å². The van der Waals surface area contributed by atoms with Gasteiger partial charge in [-0.05, 0) is 36.0 Å². The van der Waals surface area contributed by atoms with E-state index in [4.69, 9.17) is 11.6 Å². The number of nitrogens with one attached hydrogen (secondary N) is 3. The molecular weight excluding hydrogens is 487 g/mol. The van der Waals surface area contributed by atoms with Crippen LogP contribution < -0.4 is 15.4 Å². The summed E-state index contributed by atoms with van der Waals surface area (Å²) in [5.41, 5.74) is 1.23. The summed E-state index contributed by atoms with van der Waals surface area (Å²) in [6.45, 7) is 6.16. The Morgan fingerprint density at radius 3 is 2.50 bits per heavy atom. The lowest BCUT2D eigenvalue weighted by molar-refractivity contribution is 0.359. The number of rotatable bonds is 9. The number of halogens is 2. The van der Waals surface area contributed by atoms with E-state index >= 15 is 0 Å². The second-order valence-electron chi connectivity index (χ2n) is 6.84. The topological polar surface area (TPSA) is 82.6 Å². The van der Waals surface area contributed by atoms with Crippen molar-refractivity contribution in [3.63, 3.8) is 0 Å². The number of hydrogen-bond acceptors (Lipinski definition) is 3. The highest BCUT2D eigenvalue weighted by Gasteiger charge is 2.19. The van der Waals surface area contributed by atoms with Gasteiger partial charge in [0.2, 0.25) is 10.0 Å². The normalized spacial score (nSPS) is 12.4. The van der Waals surface area contributed by atoms with Crippen LogP contribution in [0.25, 0.3) is 0 Å². The Kier molecular flexibility index (Phi) is 11.7. The zero-order valence-electron chi connectivity index (χ0n) is 15.8. The third kappa shape index (κ3) is 11.9. The van der Waals surface area contributed by atoms with Crippen LogP contribution in [0.1, 0.15) is 25.8 Å². The summed E-state index contributed by atoms with van der Waals surface area (Å²) in [7, 11) is -1.41. The van der Waals surface area contributed by atoms with Crippen molar-refractivity contribution in [3.05, 3.63) is 34.9 Å². The molecule has 0 spiro atoms. The number of nitrogens with zero attached hydrogens (tertiary/aromatic N) is 1. The smallest absolute Gasteiger partial charge is 0.208 e. The maximum Gasteiger partial charge on any atom is 0.208 e. The quantitative estimate of drug-likeness (QED) is 0.204. The van der Waals surface area contributed by atoms with Crippen LogP contribution in [-0.2, 0) is 16.4 Å². The van der Waals surface area contributed by atoms with Crippen LogP contribution in [0.5, 0.6) is 0 Å². The molecule has 0 unspecified atom stereocenters. The van der Waals surface area contributed by atoms with Gasteiger partial charge < -0.3 is 10.6 Å². The number of hydrogen-bond donors (Lipinski definition) is 3. The third-order valence-corrected chi connectivity index (χ3v) is 4.50. The summed E-state index contributed by atoms with van der Waals surface area (Å²) >= 11 is 6.05. The summed E-state index contributed by atoms with van der Waals surface area (Å²) in [5.74, 6) is 0.707. The SMILES string of the molecule is CN=C(NCCCNS(C)(=O)=O)NCC(C)(C)Cc1cccc(Cl)c1.I. The minimum Gasteiger partial charge on any atom is -0.356 e. The first-order valence-corrected chi connectivity index (χ1v) is 10.5. The Hall–Kier alpha value is -0.580. The molecule has 0 aliphatic carbocycles. The van der Waals surface area contributed by atoms with Gasteiger partial charge in [-0.15, -0.1) is 24.0 Å². The van der Waals surface area contributed by atoms with Crippen LogP contribution in [0.4, 0.5) is 0 Å². The lowest BCUT2D eigenvalue weighted by Gasteiger charge is -2.26. The van der Waals surface area contributed by atoms with Gasteiger partial charge >= 0.3 is 0 Å². The molecule has 0 aliphatic heterocycles. The lowest BCUT2D eigenvalue weighted by Crippen LogP contribution is -2.43. The second kappa shape index (κ2) is 12.0. The summed E-state index contributed by atoms with van der Waals surface area (Å²) < 4.78 is 24.4. The monoisotopic (exact) mass is 516 g/mol. The minimum absolute atomic E-state index is 0. The van der Waals surface area contributed by atoms with Crippen molar-refractivity contribution in [2.75, 3.05) is 32.9 Å². The van der Waals surface area contributed by atoms with Crippen LogP contribution >= 0.6 is 35.6 Å². The number of sulfonamides is 1. The molecule has 1 aromatic rings. The zero-order valence-corrected chi connectivity index (χ0v) is 19.7. The maximum absolute atomic E-state index is 11.0. The number of guanidine groups is 1. The van der Waals surface area contributed by atoms with Gasteiger partial charge in [0.25, 0.3) is 0 Å². The van der Waals surface area contributed by atoms with E-state index in [1.54, 1.807) is 7.05 Å². The highest BCUT2D eigenvalue weighted by molar-refractivity contribution is 14.0. The Morgan fingerprint density at radius 2 is 1.92 bits per heavy atom. The van der Waals surface area contributed by atoms with Gasteiger partial charge in [-0.1, -0.05) is 37.6 Å². The van der Waals surface area contributed by atoms with E-state index in [-0.39, 0.29) is 29.4 Å². The molecule has 150 valence electrons. The van der Waals surface area contributed by atoms with E-state index in [0.29, 0.717) is 25.5 Å². The molecule has 0 radical (unpaired) electrons. The van der Waals surface area contributed by atoms with Gasteiger partial charge in [0.05, 0.1) is 6.26 Å². The molecule has 0 aliphatic rings. The highest BCUT2D eigenvalue weighted by Crippen LogP contribution is 2.22. The average Bonchev–Trinajstić information content (AvgIpc) is 2.48. The predicted octanol–water partition coefficient (Wildman–Crippen LogP) is 2.63. The Bertz CT molecular complexity index is 681. The van der Waals surface area contributed by atoms with E-state index in [1.165, 1.54) is 5.56 Å². The largest absolute Gasteiger partial charge is 0.356 e. The van der Waals surface area contributed by atoms with Crippen molar-refractivity contribution in [3.8, 4) is 0 Å². The maximum atomic E-state index is 11.0. The van der Waals surface area contributed by atoms with E-state index in [2.05, 4.69) is 40.3 Å². The summed E-state index contributed by atoms with van der Waals surface area (Å²) in [4.78, 5) is 4.19. The number of aliphatic imine (C=N–C) groups is 1. The van der Waals surface area contributed by atoms with Crippen molar-refractivity contribution in [1.82, 2.24) is 15.4 Å². The van der Waals surface area contributed by atoms with Gasteiger partial charge in [-0.3, -0.25) is 4.99 Å². The lowest BCUT2D eigenvalue weighted by atomic mass is 9.86. The molecule has 1 aromatic carbocycles. The molecule has 1 rings (SSSR count). The fourth-order valence-corrected chi connectivity index (χ4v) is 3.09. The minimum atomic E-state index is -3.13. The molecule has 3 N–H and O–H groups in total. The van der Waals surface area contributed by atoms with Crippen molar-refractivity contribution < 1.29 is 8.42 Å². The molecule has 9 heteroatoms. The van der Waals surface area contributed by atoms with Crippen molar-refractivity contribution in [1.29, 1.82) is 0 Å². The molecular formula is C17H30ClIN4O2S. The van der Waals surface area contributed by atoms with Crippen LogP contribution in [-0.4, -0.2) is 47.3 Å². The van der Waals surface area contributed by atoms with Gasteiger partial charge in [-0.25, -0.2) is 13.1 Å². The van der Waals surface area contributed by atoms with E-state index < -0.39 is 10.0 Å². The molecule has 26 heavy (non-hydrogen) atoms. The average molecular weight is 517 g/mol. The molecule has 0 fully saturated rings. The Labute approximate surface area is 179 Å². The van der Waals surface area contributed by atoms with E-state index in [9.17, 15) is 8.42 Å². The standard InChI is InChI=1S/C17H29ClN4O2S.HI/c1-17(2,12-14-7-5-8-15(18)11-14)13-21-16(19-3)20-9-6-10-22-25(4,23)24;/h5,7-8,11,22H,6,9-10,12-13H2,1-4H3,(H2,19,20,21);1H. The van der Waals surface area contributed by atoms with E-state index in [0.717, 1.165) is 24.2 Å². The summed E-state index contributed by atoms with van der Waals surface area (Å²) in [5, 5.41) is 7.25. The summed E-state index contributed by atoms with van der Waals surface area (Å²) in [6, 6.07) is 7.91. The molecule has 6 nitrogen and oxygen atoms in total. The molecule has 0 amide bonds. The van der Waals surface area contributed by atoms with E-state index in [1.807, 2.05) is 18.2 Å². The van der Waals surface area contributed by atoms with Crippen molar-refractivity contribution in [2.24, 2.45) is 10.4 Å². The van der Waals surface area contributed by atoms with Crippen LogP contribution in [0.2, 0.25) is 5.02 Å². The highest BCUT2D eigenvalue weighted by atomic mass is 127. The fraction of sp³-hybridized carbons (Fsp3) is 0.588. The fourth-order valence-electron chi connectivity index (χ4n) is 2.36. The van der Waals surface area contributed by atoms with Crippen molar-refractivity contribution >= 4 is 51.6 Å². The van der Waals surface area contributed by atoms with Gasteiger partial charge in [-0.2, -0.15) is 0 Å². The van der Waals surface area contributed by atoms with Gasteiger partial charge in [0.1, 0.15) is 0 Å². The van der Waals surface area contributed by atoms with Crippen LogP contribution in [0, 0.1) is 5.41 Å².